The van der Waals surface area contributed by atoms with Crippen molar-refractivity contribution in [1.82, 2.24) is 20.4 Å². The van der Waals surface area contributed by atoms with Crippen molar-refractivity contribution in [1.29, 1.82) is 0 Å². The molecule has 2 heterocycles. The Hall–Kier alpha value is -1.43. The smallest absolute Gasteiger partial charge is 0.220 e. The second-order valence-corrected chi connectivity index (χ2v) is 7.86. The molecule has 1 aliphatic heterocycles. The molecule has 1 atom stereocenters. The van der Waals surface area contributed by atoms with Crippen molar-refractivity contribution < 1.29 is 9.21 Å². The van der Waals surface area contributed by atoms with Gasteiger partial charge in [-0.1, -0.05) is 39.0 Å². The SMILES string of the molecule is CCN1CCC[C@@H]1CNC(=O)CCc1nnc(CCC2CCCCC2)o1. The van der Waals surface area contributed by atoms with Crippen LogP contribution >= 0.6 is 0 Å². The van der Waals surface area contributed by atoms with Crippen molar-refractivity contribution in [2.24, 2.45) is 5.92 Å². The minimum Gasteiger partial charge on any atom is -0.425 e. The third-order valence-corrected chi connectivity index (χ3v) is 6.01. The molecule has 1 saturated heterocycles. The lowest BCUT2D eigenvalue weighted by atomic mass is 9.86. The molecule has 0 aromatic carbocycles. The number of likely N-dealkylation sites (tertiary alicyclic amines) is 1. The molecular formula is C20H34N4O2. The summed E-state index contributed by atoms with van der Waals surface area (Å²) >= 11 is 0. The Bertz CT molecular complexity index is 554. The number of hydrogen-bond donors (Lipinski definition) is 1. The van der Waals surface area contributed by atoms with Crippen LogP contribution in [-0.2, 0) is 17.6 Å². The largest absolute Gasteiger partial charge is 0.425 e. The molecular weight excluding hydrogens is 328 g/mol. The Labute approximate surface area is 157 Å². The molecule has 2 aliphatic rings. The molecule has 1 aromatic rings. The van der Waals surface area contributed by atoms with Gasteiger partial charge < -0.3 is 9.73 Å². The first-order chi connectivity index (χ1) is 12.7. The van der Waals surface area contributed by atoms with E-state index >= 15 is 0 Å². The van der Waals surface area contributed by atoms with E-state index in [4.69, 9.17) is 4.42 Å². The number of aromatic nitrogens is 2. The normalized spacial score (nSPS) is 22.0. The fourth-order valence-corrected chi connectivity index (χ4v) is 4.38. The van der Waals surface area contributed by atoms with Crippen LogP contribution in [0.25, 0.3) is 0 Å². The van der Waals surface area contributed by atoms with Gasteiger partial charge in [0, 0.05) is 31.8 Å². The maximum atomic E-state index is 12.1. The summed E-state index contributed by atoms with van der Waals surface area (Å²) in [7, 11) is 0. The molecule has 0 bridgehead atoms. The average molecular weight is 363 g/mol. The highest BCUT2D eigenvalue weighted by Crippen LogP contribution is 2.27. The Morgan fingerprint density at radius 3 is 2.65 bits per heavy atom. The summed E-state index contributed by atoms with van der Waals surface area (Å²) in [5, 5.41) is 11.3. The molecule has 1 N–H and O–H groups in total. The lowest BCUT2D eigenvalue weighted by Crippen LogP contribution is -2.40. The summed E-state index contributed by atoms with van der Waals surface area (Å²) in [6.07, 6.45) is 12.2. The van der Waals surface area contributed by atoms with Crippen LogP contribution in [0, 0.1) is 5.92 Å². The number of nitrogens with zero attached hydrogens (tertiary/aromatic N) is 3. The Morgan fingerprint density at radius 2 is 1.88 bits per heavy atom. The summed E-state index contributed by atoms with van der Waals surface area (Å²) in [6.45, 7) is 5.15. The van der Waals surface area contributed by atoms with Crippen molar-refractivity contribution in [2.45, 2.75) is 83.6 Å². The zero-order chi connectivity index (χ0) is 18.2. The summed E-state index contributed by atoms with van der Waals surface area (Å²) in [5.74, 6) is 2.23. The second kappa shape index (κ2) is 10.0. The van der Waals surface area contributed by atoms with Gasteiger partial charge in [-0.3, -0.25) is 9.69 Å². The van der Waals surface area contributed by atoms with Gasteiger partial charge in [-0.15, -0.1) is 10.2 Å². The summed E-state index contributed by atoms with van der Waals surface area (Å²) in [5.41, 5.74) is 0. The van der Waals surface area contributed by atoms with E-state index in [9.17, 15) is 4.79 Å². The van der Waals surface area contributed by atoms with Gasteiger partial charge >= 0.3 is 0 Å². The lowest BCUT2D eigenvalue weighted by molar-refractivity contribution is -0.121. The van der Waals surface area contributed by atoms with Gasteiger partial charge in [0.25, 0.3) is 0 Å². The van der Waals surface area contributed by atoms with Crippen LogP contribution in [0.3, 0.4) is 0 Å². The van der Waals surface area contributed by atoms with Crippen LogP contribution < -0.4 is 5.32 Å². The van der Waals surface area contributed by atoms with Crippen LogP contribution in [0.4, 0.5) is 0 Å². The van der Waals surface area contributed by atoms with E-state index < -0.39 is 0 Å². The minimum absolute atomic E-state index is 0.0786. The van der Waals surface area contributed by atoms with E-state index in [1.54, 1.807) is 0 Å². The number of aryl methyl sites for hydroxylation is 2. The number of nitrogens with one attached hydrogen (secondary N) is 1. The lowest BCUT2D eigenvalue weighted by Gasteiger charge is -2.22. The zero-order valence-corrected chi connectivity index (χ0v) is 16.2. The predicted octanol–water partition coefficient (Wildman–Crippen LogP) is 3.12. The van der Waals surface area contributed by atoms with Gasteiger partial charge in [0.05, 0.1) is 0 Å². The van der Waals surface area contributed by atoms with Crippen molar-refractivity contribution in [2.75, 3.05) is 19.6 Å². The van der Waals surface area contributed by atoms with E-state index in [1.807, 2.05) is 0 Å². The van der Waals surface area contributed by atoms with Crippen molar-refractivity contribution in [3.63, 3.8) is 0 Å². The van der Waals surface area contributed by atoms with Crippen LogP contribution in [-0.4, -0.2) is 46.7 Å². The van der Waals surface area contributed by atoms with Gasteiger partial charge in [-0.05, 0) is 38.3 Å². The summed E-state index contributed by atoms with van der Waals surface area (Å²) in [6, 6.07) is 0.499. The first kappa shape index (κ1) is 19.3. The van der Waals surface area contributed by atoms with E-state index in [2.05, 4.69) is 27.3 Å². The highest BCUT2D eigenvalue weighted by molar-refractivity contribution is 5.76. The maximum Gasteiger partial charge on any atom is 0.220 e. The molecule has 0 spiro atoms. The van der Waals surface area contributed by atoms with Crippen LogP contribution in [0.2, 0.25) is 0 Å². The molecule has 1 aliphatic carbocycles. The Kier molecular flexibility index (Phi) is 7.47. The number of rotatable bonds is 9. The molecule has 0 unspecified atom stereocenters. The molecule has 3 rings (SSSR count). The second-order valence-electron chi connectivity index (χ2n) is 7.86. The molecule has 146 valence electrons. The van der Waals surface area contributed by atoms with Crippen LogP contribution in [0.1, 0.15) is 76.5 Å². The molecule has 6 heteroatoms. The number of amides is 1. The van der Waals surface area contributed by atoms with Gasteiger partial charge in [-0.25, -0.2) is 0 Å². The van der Waals surface area contributed by atoms with Crippen LogP contribution in [0.15, 0.2) is 4.42 Å². The highest BCUT2D eigenvalue weighted by Gasteiger charge is 2.23. The Morgan fingerprint density at radius 1 is 1.12 bits per heavy atom. The van der Waals surface area contributed by atoms with Crippen molar-refractivity contribution >= 4 is 5.91 Å². The third-order valence-electron chi connectivity index (χ3n) is 6.01. The zero-order valence-electron chi connectivity index (χ0n) is 16.2. The highest BCUT2D eigenvalue weighted by atomic mass is 16.4. The van der Waals surface area contributed by atoms with E-state index in [0.717, 1.165) is 44.3 Å². The van der Waals surface area contributed by atoms with E-state index in [-0.39, 0.29) is 5.91 Å². The number of carbonyl (C=O) groups excluding carboxylic acids is 1. The molecule has 0 radical (unpaired) electrons. The Balaban J connectivity index is 1.32. The maximum absolute atomic E-state index is 12.1. The number of likely N-dealkylation sites (N-methyl/N-ethyl adjacent to an activating group) is 1. The predicted molar refractivity (Wildman–Crippen MR) is 101 cm³/mol. The fraction of sp³-hybridized carbons (Fsp3) is 0.850. The number of carbonyl (C=O) groups is 1. The van der Waals surface area contributed by atoms with Gasteiger partial charge in [0.1, 0.15) is 0 Å². The molecule has 1 saturated carbocycles. The average Bonchev–Trinajstić information content (AvgIpc) is 3.32. The van der Waals surface area contributed by atoms with E-state index in [1.165, 1.54) is 44.9 Å². The van der Waals surface area contributed by atoms with Crippen LogP contribution in [0.5, 0.6) is 0 Å². The fourth-order valence-electron chi connectivity index (χ4n) is 4.38. The topological polar surface area (TPSA) is 71.3 Å². The third kappa shape index (κ3) is 5.79. The van der Waals surface area contributed by atoms with Crippen molar-refractivity contribution in [3.8, 4) is 0 Å². The van der Waals surface area contributed by atoms with Gasteiger partial charge in [0.15, 0.2) is 0 Å². The first-order valence-electron chi connectivity index (χ1n) is 10.6. The van der Waals surface area contributed by atoms with E-state index in [0.29, 0.717) is 24.8 Å². The molecule has 6 nitrogen and oxygen atoms in total. The summed E-state index contributed by atoms with van der Waals surface area (Å²) in [4.78, 5) is 14.5. The quantitative estimate of drug-likeness (QED) is 0.731. The molecule has 2 fully saturated rings. The summed E-state index contributed by atoms with van der Waals surface area (Å²) < 4.78 is 5.73. The first-order valence-corrected chi connectivity index (χ1v) is 10.6. The van der Waals surface area contributed by atoms with Gasteiger partial charge in [0.2, 0.25) is 17.7 Å². The molecule has 1 aromatic heterocycles. The number of hydrogen-bond acceptors (Lipinski definition) is 5. The minimum atomic E-state index is 0.0786. The molecule has 26 heavy (non-hydrogen) atoms. The molecule has 1 amide bonds. The van der Waals surface area contributed by atoms with Crippen molar-refractivity contribution in [3.05, 3.63) is 11.8 Å². The standard InChI is InChI=1S/C20H34N4O2/c1-2-24-14-6-9-17(24)15-21-18(25)11-13-20-23-22-19(26-20)12-10-16-7-4-3-5-8-16/h16-17H,2-15H2,1H3,(H,21,25)/t17-/m1/s1. The van der Waals surface area contributed by atoms with Gasteiger partial charge in [-0.2, -0.15) is 0 Å². The monoisotopic (exact) mass is 362 g/mol.